The number of hydrogen-bond acceptors (Lipinski definition) is 4. The highest BCUT2D eigenvalue weighted by atomic mass is 19.1. The lowest BCUT2D eigenvalue weighted by Gasteiger charge is -2.19. The van der Waals surface area contributed by atoms with Crippen LogP contribution in [0.3, 0.4) is 0 Å². The van der Waals surface area contributed by atoms with Crippen molar-refractivity contribution in [2.45, 2.75) is 12.8 Å². The molecular formula is C22H23FN4O. The third-order valence-electron chi connectivity index (χ3n) is 4.51. The number of nitrogens with zero attached hydrogens (tertiary/aromatic N) is 3. The number of pyridine rings is 2. The van der Waals surface area contributed by atoms with Crippen LogP contribution in [0.25, 0.3) is 0 Å². The molecule has 1 amide bonds. The molecule has 1 aromatic carbocycles. The smallest absolute Gasteiger partial charge is 0.269 e. The lowest BCUT2D eigenvalue weighted by atomic mass is 10.1. The van der Waals surface area contributed by atoms with Gasteiger partial charge in [-0.2, -0.15) is 0 Å². The first-order valence-corrected chi connectivity index (χ1v) is 9.20. The van der Waals surface area contributed by atoms with Crippen molar-refractivity contribution < 1.29 is 9.18 Å². The zero-order valence-electron chi connectivity index (χ0n) is 15.8. The zero-order chi connectivity index (χ0) is 19.8. The van der Waals surface area contributed by atoms with Crippen LogP contribution in [-0.4, -0.2) is 36.0 Å². The van der Waals surface area contributed by atoms with E-state index in [1.807, 2.05) is 25.2 Å². The number of benzene rings is 1. The third-order valence-corrected chi connectivity index (χ3v) is 4.51. The van der Waals surface area contributed by atoms with Crippen LogP contribution in [0.4, 0.5) is 10.1 Å². The molecule has 5 nitrogen and oxygen atoms in total. The van der Waals surface area contributed by atoms with E-state index in [-0.39, 0.29) is 11.7 Å². The van der Waals surface area contributed by atoms with Crippen molar-refractivity contribution in [3.63, 3.8) is 0 Å². The summed E-state index contributed by atoms with van der Waals surface area (Å²) in [6, 6.07) is 14.0. The number of likely N-dealkylation sites (N-methyl/N-ethyl adjacent to an activating group) is 1. The van der Waals surface area contributed by atoms with Crippen LogP contribution in [0.5, 0.6) is 0 Å². The molecule has 0 radical (unpaired) electrons. The van der Waals surface area contributed by atoms with Gasteiger partial charge in [-0.25, -0.2) is 4.39 Å². The SMILES string of the molecule is CN(CCc1ccncc1)c1ccnc(C(=O)NCCc2ccc(F)cc2)c1. The Kier molecular flexibility index (Phi) is 6.68. The minimum absolute atomic E-state index is 0.216. The Bertz CT molecular complexity index is 900. The molecule has 0 spiro atoms. The summed E-state index contributed by atoms with van der Waals surface area (Å²) in [5.41, 5.74) is 3.51. The molecule has 144 valence electrons. The maximum Gasteiger partial charge on any atom is 0.269 e. The molecule has 28 heavy (non-hydrogen) atoms. The van der Waals surface area contributed by atoms with Gasteiger partial charge in [-0.05, 0) is 60.4 Å². The maximum atomic E-state index is 12.9. The largest absolute Gasteiger partial charge is 0.374 e. The molecule has 0 atom stereocenters. The summed E-state index contributed by atoms with van der Waals surface area (Å²) >= 11 is 0. The second-order valence-electron chi connectivity index (χ2n) is 6.56. The molecule has 2 heterocycles. The second kappa shape index (κ2) is 9.60. The van der Waals surface area contributed by atoms with Crippen molar-refractivity contribution in [3.05, 3.63) is 89.8 Å². The summed E-state index contributed by atoms with van der Waals surface area (Å²) in [6.07, 6.45) is 6.75. The third kappa shape index (κ3) is 5.61. The van der Waals surface area contributed by atoms with Gasteiger partial charge in [0, 0.05) is 44.4 Å². The topological polar surface area (TPSA) is 58.1 Å². The van der Waals surface area contributed by atoms with Gasteiger partial charge in [0.1, 0.15) is 11.5 Å². The van der Waals surface area contributed by atoms with E-state index >= 15 is 0 Å². The number of nitrogens with one attached hydrogen (secondary N) is 1. The standard InChI is InChI=1S/C22H23FN4O/c1-27(15-10-18-6-11-24-12-7-18)20-9-14-25-21(16-20)22(28)26-13-8-17-2-4-19(23)5-3-17/h2-7,9,11-12,14,16H,8,10,13,15H2,1H3,(H,26,28). The first kappa shape index (κ1) is 19.5. The molecule has 3 aromatic rings. The van der Waals surface area contributed by atoms with Crippen LogP contribution in [-0.2, 0) is 12.8 Å². The molecule has 1 N–H and O–H groups in total. The molecule has 0 aliphatic heterocycles. The van der Waals surface area contributed by atoms with Crippen LogP contribution in [0.15, 0.2) is 67.1 Å². The summed E-state index contributed by atoms with van der Waals surface area (Å²) in [7, 11) is 1.99. The molecule has 6 heteroatoms. The number of aromatic nitrogens is 2. The van der Waals surface area contributed by atoms with Gasteiger partial charge in [-0.1, -0.05) is 12.1 Å². The van der Waals surface area contributed by atoms with Crippen molar-refractivity contribution in [2.24, 2.45) is 0 Å². The van der Waals surface area contributed by atoms with E-state index in [0.717, 1.165) is 24.2 Å². The van der Waals surface area contributed by atoms with Crippen LogP contribution >= 0.6 is 0 Å². The van der Waals surface area contributed by atoms with Crippen LogP contribution < -0.4 is 10.2 Å². The fourth-order valence-electron chi connectivity index (χ4n) is 2.82. The lowest BCUT2D eigenvalue weighted by molar-refractivity contribution is 0.0949. The summed E-state index contributed by atoms with van der Waals surface area (Å²) in [5, 5.41) is 2.87. The van der Waals surface area contributed by atoms with Gasteiger partial charge in [0.25, 0.3) is 5.91 Å². The highest BCUT2D eigenvalue weighted by molar-refractivity contribution is 5.93. The molecule has 0 bridgehead atoms. The van der Waals surface area contributed by atoms with E-state index in [1.165, 1.54) is 17.7 Å². The maximum absolute atomic E-state index is 12.9. The molecule has 3 rings (SSSR count). The predicted octanol–water partition coefficient (Wildman–Crippen LogP) is 3.27. The summed E-state index contributed by atoms with van der Waals surface area (Å²) in [5.74, 6) is -0.478. The molecule has 2 aromatic heterocycles. The van der Waals surface area contributed by atoms with E-state index in [0.29, 0.717) is 18.7 Å². The minimum Gasteiger partial charge on any atom is -0.374 e. The molecule has 0 aliphatic carbocycles. The average Bonchev–Trinajstić information content (AvgIpc) is 2.74. The fraction of sp³-hybridized carbons (Fsp3) is 0.227. The van der Waals surface area contributed by atoms with E-state index in [1.54, 1.807) is 36.8 Å². The summed E-state index contributed by atoms with van der Waals surface area (Å²) in [6.45, 7) is 1.29. The Balaban J connectivity index is 1.52. The van der Waals surface area contributed by atoms with E-state index < -0.39 is 0 Å². The van der Waals surface area contributed by atoms with Gasteiger partial charge in [-0.15, -0.1) is 0 Å². The predicted molar refractivity (Wildman–Crippen MR) is 108 cm³/mol. The highest BCUT2D eigenvalue weighted by Crippen LogP contribution is 2.14. The van der Waals surface area contributed by atoms with Gasteiger partial charge in [-0.3, -0.25) is 14.8 Å². The van der Waals surface area contributed by atoms with Crippen molar-refractivity contribution >= 4 is 11.6 Å². The Morgan fingerprint density at radius 1 is 1.00 bits per heavy atom. The summed E-state index contributed by atoms with van der Waals surface area (Å²) in [4.78, 5) is 22.7. The number of halogens is 1. The van der Waals surface area contributed by atoms with Gasteiger partial charge in [0.2, 0.25) is 0 Å². The van der Waals surface area contributed by atoms with Crippen LogP contribution in [0.1, 0.15) is 21.6 Å². The lowest BCUT2D eigenvalue weighted by Crippen LogP contribution is -2.27. The van der Waals surface area contributed by atoms with Crippen LogP contribution in [0, 0.1) is 5.82 Å². The Morgan fingerprint density at radius 2 is 1.71 bits per heavy atom. The van der Waals surface area contributed by atoms with Crippen molar-refractivity contribution in [1.82, 2.24) is 15.3 Å². The highest BCUT2D eigenvalue weighted by Gasteiger charge is 2.10. The molecule has 0 saturated carbocycles. The quantitative estimate of drug-likeness (QED) is 0.654. The Labute approximate surface area is 164 Å². The first-order chi connectivity index (χ1) is 13.6. The average molecular weight is 378 g/mol. The van der Waals surface area contributed by atoms with E-state index in [4.69, 9.17) is 0 Å². The van der Waals surface area contributed by atoms with E-state index in [9.17, 15) is 9.18 Å². The molecule has 0 fully saturated rings. The molecule has 0 saturated heterocycles. The minimum atomic E-state index is -0.262. The number of carbonyl (C=O) groups is 1. The van der Waals surface area contributed by atoms with Gasteiger partial charge in [0.15, 0.2) is 0 Å². The molecule has 0 aliphatic rings. The Hall–Kier alpha value is -3.28. The van der Waals surface area contributed by atoms with Gasteiger partial charge >= 0.3 is 0 Å². The van der Waals surface area contributed by atoms with Crippen molar-refractivity contribution in [1.29, 1.82) is 0 Å². The van der Waals surface area contributed by atoms with Crippen LogP contribution in [0.2, 0.25) is 0 Å². The number of rotatable bonds is 8. The molecule has 0 unspecified atom stereocenters. The van der Waals surface area contributed by atoms with Crippen molar-refractivity contribution in [2.75, 3.05) is 25.0 Å². The number of amides is 1. The Morgan fingerprint density at radius 3 is 2.46 bits per heavy atom. The normalized spacial score (nSPS) is 10.5. The zero-order valence-corrected chi connectivity index (χ0v) is 15.8. The van der Waals surface area contributed by atoms with Crippen molar-refractivity contribution in [3.8, 4) is 0 Å². The summed E-state index contributed by atoms with van der Waals surface area (Å²) < 4.78 is 12.9. The first-order valence-electron chi connectivity index (χ1n) is 9.20. The monoisotopic (exact) mass is 378 g/mol. The van der Waals surface area contributed by atoms with Gasteiger partial charge in [0.05, 0.1) is 0 Å². The second-order valence-corrected chi connectivity index (χ2v) is 6.56. The number of anilines is 1. The number of hydrogen-bond donors (Lipinski definition) is 1. The molecular weight excluding hydrogens is 355 g/mol. The van der Waals surface area contributed by atoms with Gasteiger partial charge < -0.3 is 10.2 Å². The fourth-order valence-corrected chi connectivity index (χ4v) is 2.82. The van der Waals surface area contributed by atoms with E-state index in [2.05, 4.69) is 20.2 Å². The number of carbonyl (C=O) groups excluding carboxylic acids is 1.